The largest absolute Gasteiger partial charge is 0.313 e. The zero-order valence-electron chi connectivity index (χ0n) is 13.9. The topological polar surface area (TPSA) is 18.5 Å². The van der Waals surface area contributed by atoms with Gasteiger partial charge in [-0.2, -0.15) is 0 Å². The number of piperidine rings is 1. The second-order valence-corrected chi connectivity index (χ2v) is 7.37. The van der Waals surface area contributed by atoms with E-state index in [0.29, 0.717) is 0 Å². The minimum absolute atomic E-state index is 0.748. The van der Waals surface area contributed by atoms with E-state index < -0.39 is 0 Å². The Hall–Kier alpha value is -0.120. The molecule has 2 rings (SSSR count). The normalized spacial score (nSPS) is 28.6. The van der Waals surface area contributed by atoms with Crippen molar-refractivity contribution in [1.29, 1.82) is 0 Å². The molecule has 0 amide bonds. The van der Waals surface area contributed by atoms with Crippen molar-refractivity contribution in [3.05, 3.63) is 0 Å². The van der Waals surface area contributed by atoms with Crippen molar-refractivity contribution in [2.45, 2.75) is 64.5 Å². The minimum atomic E-state index is 0.748. The quantitative estimate of drug-likeness (QED) is 0.774. The summed E-state index contributed by atoms with van der Waals surface area (Å²) in [6, 6.07) is 1.58. The lowest BCUT2D eigenvalue weighted by Crippen LogP contribution is -2.43. The molecule has 2 atom stereocenters. The summed E-state index contributed by atoms with van der Waals surface area (Å²) in [5, 5.41) is 3.65. The third kappa shape index (κ3) is 5.34. The van der Waals surface area contributed by atoms with Gasteiger partial charge in [0.1, 0.15) is 0 Å². The first-order valence-electron chi connectivity index (χ1n) is 8.81. The van der Waals surface area contributed by atoms with Gasteiger partial charge in [-0.15, -0.1) is 0 Å². The summed E-state index contributed by atoms with van der Waals surface area (Å²) in [6.07, 6.45) is 8.34. The molecule has 0 aliphatic carbocycles. The van der Waals surface area contributed by atoms with Crippen LogP contribution in [-0.4, -0.2) is 61.7 Å². The number of hydrogen-bond acceptors (Lipinski definition) is 3. The van der Waals surface area contributed by atoms with Gasteiger partial charge in [-0.3, -0.25) is 0 Å². The minimum Gasteiger partial charge on any atom is -0.313 e. The van der Waals surface area contributed by atoms with Crippen molar-refractivity contribution in [3.63, 3.8) is 0 Å². The summed E-state index contributed by atoms with van der Waals surface area (Å²) in [6.45, 7) is 11.0. The van der Waals surface area contributed by atoms with E-state index in [2.05, 4.69) is 36.0 Å². The van der Waals surface area contributed by atoms with Crippen molar-refractivity contribution in [2.24, 2.45) is 5.92 Å². The maximum atomic E-state index is 3.65. The van der Waals surface area contributed by atoms with Crippen LogP contribution in [-0.2, 0) is 0 Å². The van der Waals surface area contributed by atoms with Gasteiger partial charge in [0, 0.05) is 25.2 Å². The predicted octanol–water partition coefficient (Wildman–Crippen LogP) is 2.57. The van der Waals surface area contributed by atoms with Gasteiger partial charge in [-0.05, 0) is 64.7 Å². The highest BCUT2D eigenvalue weighted by Gasteiger charge is 2.22. The number of nitrogens with one attached hydrogen (secondary N) is 1. The molecule has 1 N–H and O–H groups in total. The van der Waals surface area contributed by atoms with Crippen LogP contribution in [0.5, 0.6) is 0 Å². The summed E-state index contributed by atoms with van der Waals surface area (Å²) in [4.78, 5) is 5.31. The van der Waals surface area contributed by atoms with Crippen molar-refractivity contribution in [1.82, 2.24) is 15.1 Å². The van der Waals surface area contributed by atoms with Gasteiger partial charge in [0.15, 0.2) is 0 Å². The van der Waals surface area contributed by atoms with E-state index in [1.807, 2.05) is 0 Å². The van der Waals surface area contributed by atoms with Crippen LogP contribution < -0.4 is 5.32 Å². The van der Waals surface area contributed by atoms with Crippen LogP contribution in [0, 0.1) is 5.92 Å². The summed E-state index contributed by atoms with van der Waals surface area (Å²) in [5.74, 6) is 0.778. The Labute approximate surface area is 126 Å². The van der Waals surface area contributed by atoms with Crippen LogP contribution in [0.3, 0.4) is 0 Å². The molecule has 0 radical (unpaired) electrons. The van der Waals surface area contributed by atoms with Crippen LogP contribution in [0.25, 0.3) is 0 Å². The molecule has 2 unspecified atom stereocenters. The first kappa shape index (κ1) is 16.3. The molecule has 3 heteroatoms. The molecule has 0 aromatic rings. The lowest BCUT2D eigenvalue weighted by Gasteiger charge is -2.35. The highest BCUT2D eigenvalue weighted by atomic mass is 15.2. The number of hydrogen-bond donors (Lipinski definition) is 1. The smallest absolute Gasteiger partial charge is 0.0195 e. The molecule has 0 bridgehead atoms. The molecular formula is C17H35N3. The van der Waals surface area contributed by atoms with Gasteiger partial charge >= 0.3 is 0 Å². The number of nitrogens with zero attached hydrogens (tertiary/aromatic N) is 2. The summed E-state index contributed by atoms with van der Waals surface area (Å²) < 4.78 is 0. The van der Waals surface area contributed by atoms with Crippen LogP contribution in [0.15, 0.2) is 0 Å². The van der Waals surface area contributed by atoms with Crippen molar-refractivity contribution in [2.75, 3.05) is 39.8 Å². The van der Waals surface area contributed by atoms with Crippen molar-refractivity contribution >= 4 is 0 Å². The van der Waals surface area contributed by atoms with E-state index >= 15 is 0 Å². The van der Waals surface area contributed by atoms with Gasteiger partial charge < -0.3 is 15.1 Å². The lowest BCUT2D eigenvalue weighted by molar-refractivity contribution is 0.145. The molecule has 0 saturated carbocycles. The monoisotopic (exact) mass is 281 g/mol. The summed E-state index contributed by atoms with van der Waals surface area (Å²) in [5.41, 5.74) is 0. The van der Waals surface area contributed by atoms with E-state index in [-0.39, 0.29) is 0 Å². The van der Waals surface area contributed by atoms with Crippen molar-refractivity contribution in [3.8, 4) is 0 Å². The maximum absolute atomic E-state index is 3.65. The lowest BCUT2D eigenvalue weighted by atomic mass is 9.99. The number of likely N-dealkylation sites (tertiary alicyclic amines) is 1. The van der Waals surface area contributed by atoms with Gasteiger partial charge in [-0.25, -0.2) is 0 Å². The number of rotatable bonds is 7. The average Bonchev–Trinajstić information content (AvgIpc) is 2.90. The zero-order valence-corrected chi connectivity index (χ0v) is 13.9. The maximum Gasteiger partial charge on any atom is 0.0195 e. The fourth-order valence-corrected chi connectivity index (χ4v) is 3.84. The third-order valence-electron chi connectivity index (χ3n) is 4.96. The predicted molar refractivity (Wildman–Crippen MR) is 87.2 cm³/mol. The first-order chi connectivity index (χ1) is 9.65. The summed E-state index contributed by atoms with van der Waals surface area (Å²) >= 11 is 0. The van der Waals surface area contributed by atoms with E-state index in [9.17, 15) is 0 Å². The SMILES string of the molecule is CC(C)CN(CCC1CCCCN1C)CC1CCCN1. The van der Waals surface area contributed by atoms with Crippen LogP contribution in [0.2, 0.25) is 0 Å². The fraction of sp³-hybridized carbons (Fsp3) is 1.00. The third-order valence-corrected chi connectivity index (χ3v) is 4.96. The molecule has 0 spiro atoms. The second kappa shape index (κ2) is 8.35. The van der Waals surface area contributed by atoms with Crippen LogP contribution in [0.1, 0.15) is 52.4 Å². The molecule has 20 heavy (non-hydrogen) atoms. The van der Waals surface area contributed by atoms with Gasteiger partial charge in [0.2, 0.25) is 0 Å². The van der Waals surface area contributed by atoms with Crippen molar-refractivity contribution < 1.29 is 0 Å². The van der Waals surface area contributed by atoms with Crippen LogP contribution in [0.4, 0.5) is 0 Å². The molecule has 118 valence electrons. The van der Waals surface area contributed by atoms with Gasteiger partial charge in [0.05, 0.1) is 0 Å². The average molecular weight is 281 g/mol. The molecular weight excluding hydrogens is 246 g/mol. The standard InChI is InChI=1S/C17H35N3/c1-15(2)13-20(14-16-7-6-10-18-16)12-9-17-8-4-5-11-19(17)3/h15-18H,4-14H2,1-3H3. The Balaban J connectivity index is 1.76. The van der Waals surface area contributed by atoms with E-state index in [4.69, 9.17) is 0 Å². The van der Waals surface area contributed by atoms with Gasteiger partial charge in [0.25, 0.3) is 0 Å². The Kier molecular flexibility index (Phi) is 6.79. The summed E-state index contributed by atoms with van der Waals surface area (Å²) in [7, 11) is 2.31. The molecule has 2 aliphatic heterocycles. The molecule has 2 fully saturated rings. The van der Waals surface area contributed by atoms with Gasteiger partial charge in [-0.1, -0.05) is 20.3 Å². The van der Waals surface area contributed by atoms with E-state index in [0.717, 1.165) is 18.0 Å². The van der Waals surface area contributed by atoms with Crippen LogP contribution >= 0.6 is 0 Å². The highest BCUT2D eigenvalue weighted by Crippen LogP contribution is 2.19. The zero-order chi connectivity index (χ0) is 14.4. The van der Waals surface area contributed by atoms with E-state index in [1.165, 1.54) is 71.2 Å². The molecule has 0 aromatic carbocycles. The molecule has 3 nitrogen and oxygen atoms in total. The Morgan fingerprint density at radius 3 is 2.70 bits per heavy atom. The molecule has 0 aromatic heterocycles. The molecule has 2 heterocycles. The molecule has 2 saturated heterocycles. The fourth-order valence-electron chi connectivity index (χ4n) is 3.84. The highest BCUT2D eigenvalue weighted by molar-refractivity contribution is 4.80. The Morgan fingerprint density at radius 2 is 2.05 bits per heavy atom. The van der Waals surface area contributed by atoms with E-state index in [1.54, 1.807) is 0 Å². The Morgan fingerprint density at radius 1 is 1.20 bits per heavy atom. The first-order valence-corrected chi connectivity index (χ1v) is 8.81. The second-order valence-electron chi connectivity index (χ2n) is 7.37. The molecule has 2 aliphatic rings. The Bertz CT molecular complexity index is 261.